The fourth-order valence-electron chi connectivity index (χ4n) is 1.82. The Hall–Kier alpha value is -2.00. The highest BCUT2D eigenvalue weighted by Gasteiger charge is 2.04. The van der Waals surface area contributed by atoms with E-state index in [-0.39, 0.29) is 5.56 Å². The summed E-state index contributed by atoms with van der Waals surface area (Å²) >= 11 is 1.49. The predicted molar refractivity (Wildman–Crippen MR) is 75.1 cm³/mol. The van der Waals surface area contributed by atoms with Crippen LogP contribution >= 0.6 is 11.8 Å². The predicted octanol–water partition coefficient (Wildman–Crippen LogP) is 3.68. The Morgan fingerprint density at radius 2 is 1.61 bits per heavy atom. The molecule has 0 atom stereocenters. The van der Waals surface area contributed by atoms with Crippen molar-refractivity contribution in [3.63, 3.8) is 0 Å². The standard InChI is InChI=1S/C15H11NOS/c17-15-14(18-12-7-2-1-3-8-12)10-11-6-4-5-9-13(11)16-15/h1-10H,(H,16,17). The van der Waals surface area contributed by atoms with Gasteiger partial charge in [-0.1, -0.05) is 48.2 Å². The number of hydrogen-bond donors (Lipinski definition) is 1. The van der Waals surface area contributed by atoms with Crippen LogP contribution in [0.3, 0.4) is 0 Å². The average molecular weight is 253 g/mol. The van der Waals surface area contributed by atoms with Crippen molar-refractivity contribution in [3.8, 4) is 0 Å². The Morgan fingerprint density at radius 3 is 2.44 bits per heavy atom. The first-order valence-electron chi connectivity index (χ1n) is 5.68. The van der Waals surface area contributed by atoms with Gasteiger partial charge in [0.15, 0.2) is 0 Å². The summed E-state index contributed by atoms with van der Waals surface area (Å²) < 4.78 is 0. The van der Waals surface area contributed by atoms with Crippen LogP contribution < -0.4 is 5.56 Å². The van der Waals surface area contributed by atoms with Gasteiger partial charge in [0.1, 0.15) is 0 Å². The van der Waals surface area contributed by atoms with Crippen molar-refractivity contribution in [2.75, 3.05) is 0 Å². The van der Waals surface area contributed by atoms with Crippen molar-refractivity contribution in [1.29, 1.82) is 0 Å². The number of hydrogen-bond acceptors (Lipinski definition) is 2. The van der Waals surface area contributed by atoms with Crippen molar-refractivity contribution < 1.29 is 0 Å². The zero-order valence-electron chi connectivity index (χ0n) is 9.59. The third-order valence-electron chi connectivity index (χ3n) is 2.69. The molecule has 18 heavy (non-hydrogen) atoms. The molecule has 0 aliphatic carbocycles. The van der Waals surface area contributed by atoms with Crippen LogP contribution in [-0.2, 0) is 0 Å². The number of fused-ring (bicyclic) bond motifs is 1. The van der Waals surface area contributed by atoms with Gasteiger partial charge in [-0.15, -0.1) is 0 Å². The molecular formula is C15H11NOS. The third kappa shape index (κ3) is 2.17. The first-order chi connectivity index (χ1) is 8.83. The smallest absolute Gasteiger partial charge is 0.262 e. The van der Waals surface area contributed by atoms with E-state index in [1.54, 1.807) is 0 Å². The number of para-hydroxylation sites is 1. The van der Waals surface area contributed by atoms with Crippen LogP contribution in [0.15, 0.2) is 75.2 Å². The Kier molecular flexibility index (Phi) is 2.90. The molecule has 2 nitrogen and oxygen atoms in total. The Bertz CT molecular complexity index is 734. The summed E-state index contributed by atoms with van der Waals surface area (Å²) in [5.74, 6) is 0. The van der Waals surface area contributed by atoms with Crippen molar-refractivity contribution >= 4 is 22.7 Å². The van der Waals surface area contributed by atoms with E-state index < -0.39 is 0 Å². The van der Waals surface area contributed by atoms with Crippen LogP contribution in [-0.4, -0.2) is 4.98 Å². The van der Waals surface area contributed by atoms with Gasteiger partial charge in [-0.05, 0) is 29.7 Å². The molecule has 0 aliphatic rings. The van der Waals surface area contributed by atoms with Crippen LogP contribution in [0, 0.1) is 0 Å². The molecule has 1 heterocycles. The van der Waals surface area contributed by atoms with E-state index in [1.807, 2.05) is 60.7 Å². The first kappa shape index (κ1) is 11.1. The third-order valence-corrected chi connectivity index (χ3v) is 3.72. The van der Waals surface area contributed by atoms with Gasteiger partial charge in [-0.25, -0.2) is 0 Å². The Labute approximate surface area is 109 Å². The van der Waals surface area contributed by atoms with Crippen LogP contribution in [0.5, 0.6) is 0 Å². The van der Waals surface area contributed by atoms with Gasteiger partial charge >= 0.3 is 0 Å². The number of pyridine rings is 1. The molecule has 0 radical (unpaired) electrons. The first-order valence-corrected chi connectivity index (χ1v) is 6.49. The minimum atomic E-state index is -0.0393. The summed E-state index contributed by atoms with van der Waals surface area (Å²) in [5, 5.41) is 1.05. The molecule has 88 valence electrons. The van der Waals surface area contributed by atoms with E-state index >= 15 is 0 Å². The van der Waals surface area contributed by atoms with Gasteiger partial charge in [-0.2, -0.15) is 0 Å². The summed E-state index contributed by atoms with van der Waals surface area (Å²) in [5.41, 5.74) is 0.836. The van der Waals surface area contributed by atoms with Gasteiger partial charge in [-0.3, -0.25) is 4.79 Å². The highest BCUT2D eigenvalue weighted by atomic mass is 32.2. The van der Waals surface area contributed by atoms with Crippen LogP contribution in [0.2, 0.25) is 0 Å². The molecule has 0 saturated heterocycles. The van der Waals surface area contributed by atoms with Crippen LogP contribution in [0.1, 0.15) is 0 Å². The number of H-pyrrole nitrogens is 1. The number of aromatic amines is 1. The quantitative estimate of drug-likeness (QED) is 0.755. The second kappa shape index (κ2) is 4.70. The Balaban J connectivity index is 2.07. The van der Waals surface area contributed by atoms with E-state index in [4.69, 9.17) is 0 Å². The molecule has 2 aromatic carbocycles. The summed E-state index contributed by atoms with van der Waals surface area (Å²) in [6.45, 7) is 0. The van der Waals surface area contributed by atoms with Crippen molar-refractivity contribution in [2.24, 2.45) is 0 Å². The molecule has 0 bridgehead atoms. The summed E-state index contributed by atoms with van der Waals surface area (Å²) in [7, 11) is 0. The maximum absolute atomic E-state index is 12.0. The molecule has 3 aromatic rings. The van der Waals surface area contributed by atoms with Crippen LogP contribution in [0.25, 0.3) is 10.9 Å². The lowest BCUT2D eigenvalue weighted by Gasteiger charge is -2.03. The van der Waals surface area contributed by atoms with Gasteiger partial charge in [0.05, 0.1) is 4.90 Å². The molecule has 0 unspecified atom stereocenters. The zero-order valence-corrected chi connectivity index (χ0v) is 10.4. The Morgan fingerprint density at radius 1 is 0.889 bits per heavy atom. The topological polar surface area (TPSA) is 32.9 Å². The van der Waals surface area contributed by atoms with E-state index in [0.717, 1.165) is 20.7 Å². The van der Waals surface area contributed by atoms with E-state index in [9.17, 15) is 4.79 Å². The van der Waals surface area contributed by atoms with E-state index in [0.29, 0.717) is 0 Å². The maximum Gasteiger partial charge on any atom is 0.262 e. The van der Waals surface area contributed by atoms with Gasteiger partial charge in [0.25, 0.3) is 5.56 Å². The number of benzene rings is 2. The molecule has 3 rings (SSSR count). The van der Waals surface area contributed by atoms with Crippen LogP contribution in [0.4, 0.5) is 0 Å². The lowest BCUT2D eigenvalue weighted by atomic mass is 10.2. The highest BCUT2D eigenvalue weighted by molar-refractivity contribution is 7.99. The molecule has 0 amide bonds. The number of rotatable bonds is 2. The van der Waals surface area contributed by atoms with Gasteiger partial charge < -0.3 is 4.98 Å². The van der Waals surface area contributed by atoms with E-state index in [2.05, 4.69) is 4.98 Å². The highest BCUT2D eigenvalue weighted by Crippen LogP contribution is 2.26. The SMILES string of the molecule is O=c1[nH]c2ccccc2cc1Sc1ccccc1. The molecule has 1 N–H and O–H groups in total. The minimum absolute atomic E-state index is 0.0393. The van der Waals surface area contributed by atoms with Gasteiger partial charge in [0.2, 0.25) is 0 Å². The molecule has 0 spiro atoms. The fourth-order valence-corrected chi connectivity index (χ4v) is 2.70. The fraction of sp³-hybridized carbons (Fsp3) is 0. The molecule has 0 aliphatic heterocycles. The molecule has 0 fully saturated rings. The lowest BCUT2D eigenvalue weighted by Crippen LogP contribution is -2.07. The molecule has 0 saturated carbocycles. The molecular weight excluding hydrogens is 242 g/mol. The van der Waals surface area contributed by atoms with Crippen molar-refractivity contribution in [2.45, 2.75) is 9.79 Å². The largest absolute Gasteiger partial charge is 0.321 e. The minimum Gasteiger partial charge on any atom is -0.321 e. The van der Waals surface area contributed by atoms with Gasteiger partial charge in [0, 0.05) is 10.4 Å². The summed E-state index contributed by atoms with van der Waals surface area (Å²) in [6, 6.07) is 19.6. The maximum atomic E-state index is 12.0. The lowest BCUT2D eigenvalue weighted by molar-refractivity contribution is 1.19. The summed E-state index contributed by atoms with van der Waals surface area (Å²) in [6.07, 6.45) is 0. The summed E-state index contributed by atoms with van der Waals surface area (Å²) in [4.78, 5) is 16.7. The number of aromatic nitrogens is 1. The normalized spacial score (nSPS) is 10.7. The average Bonchev–Trinajstić information content (AvgIpc) is 2.41. The second-order valence-corrected chi connectivity index (χ2v) is 5.08. The zero-order chi connectivity index (χ0) is 12.4. The number of nitrogens with one attached hydrogen (secondary N) is 1. The molecule has 1 aromatic heterocycles. The second-order valence-electron chi connectivity index (χ2n) is 3.97. The monoisotopic (exact) mass is 253 g/mol. The van der Waals surface area contributed by atoms with E-state index in [1.165, 1.54) is 11.8 Å². The molecule has 3 heteroatoms. The van der Waals surface area contributed by atoms with Crippen molar-refractivity contribution in [1.82, 2.24) is 4.98 Å². The van der Waals surface area contributed by atoms with Crippen molar-refractivity contribution in [3.05, 3.63) is 71.0 Å².